The zero-order valence-electron chi connectivity index (χ0n) is 19.2. The summed E-state index contributed by atoms with van der Waals surface area (Å²) in [6.07, 6.45) is 9.19. The standard InChI is InChI=1S/C27H40O4/c1-2-3-4-5-6-8-11-25-14-16-27(17-15-25)31-23-22-29-19-18-28-20-21-30-24-26-12-9-7-10-13-26/h7,9-10,12-17H,2-6,8,11,18-24H2,1H3. The van der Waals surface area contributed by atoms with Crippen molar-refractivity contribution in [1.82, 2.24) is 0 Å². The zero-order valence-corrected chi connectivity index (χ0v) is 19.2. The Balaban J connectivity index is 1.37. The molecule has 0 aliphatic heterocycles. The lowest BCUT2D eigenvalue weighted by Crippen LogP contribution is -2.12. The first-order chi connectivity index (χ1) is 15.4. The molecule has 2 rings (SSSR count). The molecule has 0 saturated heterocycles. The average molecular weight is 429 g/mol. The Kier molecular flexibility index (Phi) is 14.5. The van der Waals surface area contributed by atoms with Crippen molar-refractivity contribution in [3.63, 3.8) is 0 Å². The molecular weight excluding hydrogens is 388 g/mol. The molecule has 0 heterocycles. The van der Waals surface area contributed by atoms with Crippen molar-refractivity contribution >= 4 is 0 Å². The van der Waals surface area contributed by atoms with Gasteiger partial charge in [0.1, 0.15) is 12.4 Å². The second-order valence-corrected chi connectivity index (χ2v) is 7.77. The van der Waals surface area contributed by atoms with Crippen LogP contribution >= 0.6 is 0 Å². The maximum absolute atomic E-state index is 5.75. The van der Waals surface area contributed by atoms with E-state index in [-0.39, 0.29) is 0 Å². The summed E-state index contributed by atoms with van der Waals surface area (Å²) >= 11 is 0. The van der Waals surface area contributed by atoms with Gasteiger partial charge in [0.25, 0.3) is 0 Å². The molecule has 0 fully saturated rings. The van der Waals surface area contributed by atoms with Crippen LogP contribution in [0.5, 0.6) is 5.75 Å². The number of aryl methyl sites for hydroxylation is 1. The van der Waals surface area contributed by atoms with Gasteiger partial charge in [-0.2, -0.15) is 0 Å². The van der Waals surface area contributed by atoms with Gasteiger partial charge in [0.05, 0.1) is 39.6 Å². The molecule has 0 spiro atoms. The van der Waals surface area contributed by atoms with Crippen LogP contribution in [-0.4, -0.2) is 39.6 Å². The molecule has 0 radical (unpaired) electrons. The Labute approximate surface area is 188 Å². The van der Waals surface area contributed by atoms with Crippen LogP contribution in [0, 0.1) is 0 Å². The molecule has 2 aromatic carbocycles. The summed E-state index contributed by atoms with van der Waals surface area (Å²) in [6, 6.07) is 18.6. The highest BCUT2D eigenvalue weighted by atomic mass is 16.6. The van der Waals surface area contributed by atoms with Crippen molar-refractivity contribution in [3.05, 3.63) is 65.7 Å². The molecule has 0 bridgehead atoms. The van der Waals surface area contributed by atoms with Crippen molar-refractivity contribution in [2.75, 3.05) is 39.6 Å². The second-order valence-electron chi connectivity index (χ2n) is 7.77. The summed E-state index contributed by atoms with van der Waals surface area (Å²) in [5.41, 5.74) is 2.57. The quantitative estimate of drug-likeness (QED) is 0.249. The van der Waals surface area contributed by atoms with Crippen LogP contribution < -0.4 is 4.74 Å². The smallest absolute Gasteiger partial charge is 0.119 e. The van der Waals surface area contributed by atoms with Crippen LogP contribution in [0.25, 0.3) is 0 Å². The van der Waals surface area contributed by atoms with Gasteiger partial charge in [-0.1, -0.05) is 81.5 Å². The van der Waals surface area contributed by atoms with Crippen molar-refractivity contribution in [3.8, 4) is 5.75 Å². The number of rotatable bonds is 19. The third kappa shape index (κ3) is 13.2. The van der Waals surface area contributed by atoms with Gasteiger partial charge in [0.15, 0.2) is 0 Å². The van der Waals surface area contributed by atoms with E-state index in [0.29, 0.717) is 46.2 Å². The maximum Gasteiger partial charge on any atom is 0.119 e. The normalized spacial score (nSPS) is 11.0. The third-order valence-corrected chi connectivity index (χ3v) is 5.09. The Bertz CT molecular complexity index is 642. The Morgan fingerprint density at radius 1 is 0.548 bits per heavy atom. The first-order valence-corrected chi connectivity index (χ1v) is 11.9. The van der Waals surface area contributed by atoms with E-state index in [4.69, 9.17) is 18.9 Å². The molecule has 0 amide bonds. The fourth-order valence-corrected chi connectivity index (χ4v) is 3.28. The largest absolute Gasteiger partial charge is 0.491 e. The van der Waals surface area contributed by atoms with E-state index in [0.717, 1.165) is 12.2 Å². The highest BCUT2D eigenvalue weighted by molar-refractivity contribution is 5.27. The lowest BCUT2D eigenvalue weighted by Gasteiger charge is -2.09. The molecule has 172 valence electrons. The molecule has 2 aromatic rings. The minimum Gasteiger partial charge on any atom is -0.491 e. The van der Waals surface area contributed by atoms with E-state index in [1.807, 2.05) is 18.2 Å². The average Bonchev–Trinajstić information content (AvgIpc) is 2.81. The molecule has 0 unspecified atom stereocenters. The predicted molar refractivity (Wildman–Crippen MR) is 127 cm³/mol. The van der Waals surface area contributed by atoms with Crippen molar-refractivity contribution in [1.29, 1.82) is 0 Å². The summed E-state index contributed by atoms with van der Waals surface area (Å²) in [7, 11) is 0. The predicted octanol–water partition coefficient (Wildman–Crippen LogP) is 6.22. The van der Waals surface area contributed by atoms with Crippen LogP contribution in [0.15, 0.2) is 54.6 Å². The summed E-state index contributed by atoms with van der Waals surface area (Å²) in [4.78, 5) is 0. The van der Waals surface area contributed by atoms with Crippen LogP contribution in [0.3, 0.4) is 0 Å². The first-order valence-electron chi connectivity index (χ1n) is 11.9. The van der Waals surface area contributed by atoms with E-state index in [1.165, 1.54) is 49.7 Å². The molecule has 0 aliphatic carbocycles. The van der Waals surface area contributed by atoms with Crippen molar-refractivity contribution in [2.24, 2.45) is 0 Å². The molecule has 4 heteroatoms. The third-order valence-electron chi connectivity index (χ3n) is 5.09. The second kappa shape index (κ2) is 17.8. The zero-order chi connectivity index (χ0) is 21.8. The minimum atomic E-state index is 0.553. The topological polar surface area (TPSA) is 36.9 Å². The molecular formula is C27H40O4. The summed E-state index contributed by atoms with van der Waals surface area (Å²) in [6.45, 7) is 6.31. The number of hydrogen-bond acceptors (Lipinski definition) is 4. The summed E-state index contributed by atoms with van der Waals surface area (Å²) < 4.78 is 22.4. The fourth-order valence-electron chi connectivity index (χ4n) is 3.28. The van der Waals surface area contributed by atoms with E-state index >= 15 is 0 Å². The highest BCUT2D eigenvalue weighted by Gasteiger charge is 1.98. The number of ether oxygens (including phenoxy) is 4. The molecule has 0 aliphatic rings. The fraction of sp³-hybridized carbons (Fsp3) is 0.556. The first kappa shape index (κ1) is 25.4. The van der Waals surface area contributed by atoms with Crippen molar-refractivity contribution in [2.45, 2.75) is 58.5 Å². The Morgan fingerprint density at radius 2 is 1.16 bits per heavy atom. The lowest BCUT2D eigenvalue weighted by molar-refractivity contribution is 0.00597. The van der Waals surface area contributed by atoms with Crippen LogP contribution in [0.2, 0.25) is 0 Å². The maximum atomic E-state index is 5.75. The summed E-state index contributed by atoms with van der Waals surface area (Å²) in [5, 5.41) is 0. The van der Waals surface area contributed by atoms with E-state index in [1.54, 1.807) is 0 Å². The molecule has 0 N–H and O–H groups in total. The Morgan fingerprint density at radius 3 is 1.87 bits per heavy atom. The Hall–Kier alpha value is -1.88. The summed E-state index contributed by atoms with van der Waals surface area (Å²) in [5.74, 6) is 0.905. The van der Waals surface area contributed by atoms with E-state index in [2.05, 4.69) is 43.3 Å². The van der Waals surface area contributed by atoms with Gasteiger partial charge in [-0.25, -0.2) is 0 Å². The van der Waals surface area contributed by atoms with Gasteiger partial charge in [-0.3, -0.25) is 0 Å². The molecule has 0 aromatic heterocycles. The molecule has 31 heavy (non-hydrogen) atoms. The van der Waals surface area contributed by atoms with E-state index < -0.39 is 0 Å². The number of unbranched alkanes of at least 4 members (excludes halogenated alkanes) is 5. The minimum absolute atomic E-state index is 0.553. The monoisotopic (exact) mass is 428 g/mol. The molecule has 0 saturated carbocycles. The highest BCUT2D eigenvalue weighted by Crippen LogP contribution is 2.15. The van der Waals surface area contributed by atoms with Crippen LogP contribution in [-0.2, 0) is 27.2 Å². The number of hydrogen-bond donors (Lipinski definition) is 0. The van der Waals surface area contributed by atoms with Gasteiger partial charge in [-0.05, 0) is 36.1 Å². The van der Waals surface area contributed by atoms with Gasteiger partial charge in [0.2, 0.25) is 0 Å². The molecule has 0 atom stereocenters. The van der Waals surface area contributed by atoms with Crippen molar-refractivity contribution < 1.29 is 18.9 Å². The van der Waals surface area contributed by atoms with Crippen LogP contribution in [0.1, 0.15) is 56.6 Å². The van der Waals surface area contributed by atoms with Crippen LogP contribution in [0.4, 0.5) is 0 Å². The SMILES string of the molecule is CCCCCCCCc1ccc(OCCOCCOCCOCc2ccccc2)cc1. The number of benzene rings is 2. The van der Waals surface area contributed by atoms with Gasteiger partial charge in [0, 0.05) is 0 Å². The van der Waals surface area contributed by atoms with Gasteiger partial charge >= 0.3 is 0 Å². The van der Waals surface area contributed by atoms with Gasteiger partial charge in [-0.15, -0.1) is 0 Å². The molecule has 4 nitrogen and oxygen atoms in total. The van der Waals surface area contributed by atoms with Gasteiger partial charge < -0.3 is 18.9 Å². The lowest BCUT2D eigenvalue weighted by atomic mass is 10.0. The van der Waals surface area contributed by atoms with E-state index in [9.17, 15) is 0 Å².